The molecule has 0 saturated carbocycles. The van der Waals surface area contributed by atoms with Gasteiger partial charge in [-0.2, -0.15) is 0 Å². The molecular formula is C16H25N5S. The van der Waals surface area contributed by atoms with Crippen LogP contribution in [0.5, 0.6) is 0 Å². The second-order valence-corrected chi connectivity index (χ2v) is 6.50. The molecule has 0 saturated heterocycles. The second kappa shape index (κ2) is 8.31. The number of aromatic nitrogens is 3. The smallest absolute Gasteiger partial charge is 0.191 e. The van der Waals surface area contributed by atoms with E-state index in [1.54, 1.807) is 11.8 Å². The molecule has 1 aromatic heterocycles. The van der Waals surface area contributed by atoms with Crippen LogP contribution in [0.25, 0.3) is 0 Å². The van der Waals surface area contributed by atoms with Crippen molar-refractivity contribution < 1.29 is 0 Å². The van der Waals surface area contributed by atoms with Gasteiger partial charge in [0.2, 0.25) is 0 Å². The third-order valence-electron chi connectivity index (χ3n) is 3.59. The van der Waals surface area contributed by atoms with Crippen LogP contribution in [0.4, 0.5) is 0 Å². The molecule has 0 fully saturated rings. The van der Waals surface area contributed by atoms with E-state index in [-0.39, 0.29) is 6.04 Å². The van der Waals surface area contributed by atoms with Crippen LogP contribution >= 0.6 is 11.8 Å². The quantitative estimate of drug-likeness (QED) is 0.757. The highest BCUT2D eigenvalue weighted by Crippen LogP contribution is 2.25. The summed E-state index contributed by atoms with van der Waals surface area (Å²) in [7, 11) is 4.17. The first-order chi connectivity index (χ1) is 10.7. The number of benzene rings is 1. The topological polar surface area (TPSA) is 60.0 Å². The molecule has 120 valence electrons. The predicted octanol–water partition coefficient (Wildman–Crippen LogP) is 2.39. The highest BCUT2D eigenvalue weighted by Gasteiger charge is 2.21. The van der Waals surface area contributed by atoms with Crippen LogP contribution in [0, 0.1) is 0 Å². The first-order valence-electron chi connectivity index (χ1n) is 7.63. The van der Waals surface area contributed by atoms with Gasteiger partial charge in [-0.25, -0.2) is 0 Å². The van der Waals surface area contributed by atoms with Gasteiger partial charge in [-0.05, 0) is 26.1 Å². The SMILES string of the molecule is CCC(c1nnc(SCCN)n1Cc1ccccc1)N(C)C. The van der Waals surface area contributed by atoms with Gasteiger partial charge in [-0.3, -0.25) is 4.90 Å². The summed E-state index contributed by atoms with van der Waals surface area (Å²) in [5, 5.41) is 9.81. The zero-order chi connectivity index (χ0) is 15.9. The van der Waals surface area contributed by atoms with E-state index >= 15 is 0 Å². The lowest BCUT2D eigenvalue weighted by atomic mass is 10.2. The molecule has 1 aromatic carbocycles. The number of nitrogens with two attached hydrogens (primary N) is 1. The molecule has 0 aliphatic rings. The van der Waals surface area contributed by atoms with E-state index < -0.39 is 0 Å². The van der Waals surface area contributed by atoms with Crippen LogP contribution in [0.2, 0.25) is 0 Å². The minimum absolute atomic E-state index is 0.267. The Morgan fingerprint density at radius 1 is 1.23 bits per heavy atom. The average molecular weight is 319 g/mol. The Kier molecular flexibility index (Phi) is 6.42. The maximum absolute atomic E-state index is 5.63. The fourth-order valence-electron chi connectivity index (χ4n) is 2.50. The van der Waals surface area contributed by atoms with Crippen LogP contribution in [-0.2, 0) is 6.54 Å². The highest BCUT2D eigenvalue weighted by atomic mass is 32.2. The maximum atomic E-state index is 5.63. The standard InChI is InChI=1S/C16H25N5S/c1-4-14(20(2)3)15-18-19-16(22-11-10-17)21(15)12-13-8-6-5-7-9-13/h5-9,14H,4,10-12,17H2,1-3H3. The van der Waals surface area contributed by atoms with Gasteiger partial charge in [0.25, 0.3) is 0 Å². The molecule has 5 nitrogen and oxygen atoms in total. The van der Waals surface area contributed by atoms with E-state index in [9.17, 15) is 0 Å². The Labute approximate surface area is 136 Å². The van der Waals surface area contributed by atoms with Crippen molar-refractivity contribution in [3.8, 4) is 0 Å². The van der Waals surface area contributed by atoms with Crippen molar-refractivity contribution in [2.45, 2.75) is 31.1 Å². The van der Waals surface area contributed by atoms with Crippen molar-refractivity contribution in [1.82, 2.24) is 19.7 Å². The third kappa shape index (κ3) is 4.09. The van der Waals surface area contributed by atoms with Crippen LogP contribution in [0.3, 0.4) is 0 Å². The number of thioether (sulfide) groups is 1. The lowest BCUT2D eigenvalue weighted by molar-refractivity contribution is 0.272. The Hall–Kier alpha value is -1.37. The number of hydrogen-bond donors (Lipinski definition) is 1. The molecule has 6 heteroatoms. The van der Waals surface area contributed by atoms with Gasteiger partial charge < -0.3 is 10.3 Å². The molecule has 0 aliphatic carbocycles. The Bertz CT molecular complexity index is 567. The van der Waals surface area contributed by atoms with Crippen molar-refractivity contribution in [2.24, 2.45) is 5.73 Å². The van der Waals surface area contributed by atoms with E-state index in [0.717, 1.165) is 29.7 Å². The Balaban J connectivity index is 2.34. The zero-order valence-corrected chi connectivity index (χ0v) is 14.4. The summed E-state index contributed by atoms with van der Waals surface area (Å²) >= 11 is 1.67. The molecule has 2 N–H and O–H groups in total. The Morgan fingerprint density at radius 3 is 2.55 bits per heavy atom. The minimum atomic E-state index is 0.267. The first-order valence-corrected chi connectivity index (χ1v) is 8.62. The van der Waals surface area contributed by atoms with Gasteiger partial charge in [0, 0.05) is 12.3 Å². The molecule has 0 spiro atoms. The lowest BCUT2D eigenvalue weighted by Gasteiger charge is -2.23. The molecule has 0 radical (unpaired) electrons. The molecular weight excluding hydrogens is 294 g/mol. The molecule has 1 unspecified atom stereocenters. The number of hydrogen-bond acceptors (Lipinski definition) is 5. The van der Waals surface area contributed by atoms with Crippen molar-refractivity contribution in [1.29, 1.82) is 0 Å². The second-order valence-electron chi connectivity index (χ2n) is 5.44. The fourth-order valence-corrected chi connectivity index (χ4v) is 3.21. The van der Waals surface area contributed by atoms with Gasteiger partial charge in [0.1, 0.15) is 0 Å². The minimum Gasteiger partial charge on any atom is -0.330 e. The van der Waals surface area contributed by atoms with Crippen LogP contribution in [0.15, 0.2) is 35.5 Å². The lowest BCUT2D eigenvalue weighted by Crippen LogP contribution is -2.23. The van der Waals surface area contributed by atoms with Crippen LogP contribution in [-0.4, -0.2) is 46.1 Å². The molecule has 0 amide bonds. The molecule has 0 bridgehead atoms. The van der Waals surface area contributed by atoms with Crippen molar-refractivity contribution in [2.75, 3.05) is 26.4 Å². The summed E-state index contributed by atoms with van der Waals surface area (Å²) in [6, 6.07) is 10.7. The number of rotatable bonds is 8. The van der Waals surface area contributed by atoms with Gasteiger partial charge in [0.05, 0.1) is 12.6 Å². The van der Waals surface area contributed by atoms with Crippen LogP contribution < -0.4 is 5.73 Å². The summed E-state index contributed by atoms with van der Waals surface area (Å²) in [6.45, 7) is 3.61. The van der Waals surface area contributed by atoms with E-state index in [4.69, 9.17) is 5.73 Å². The van der Waals surface area contributed by atoms with Crippen molar-refractivity contribution >= 4 is 11.8 Å². The summed E-state index contributed by atoms with van der Waals surface area (Å²) < 4.78 is 2.23. The van der Waals surface area contributed by atoms with E-state index in [1.807, 2.05) is 6.07 Å². The predicted molar refractivity (Wildman–Crippen MR) is 92.1 cm³/mol. The monoisotopic (exact) mass is 319 g/mol. The summed E-state index contributed by atoms with van der Waals surface area (Å²) in [6.07, 6.45) is 1.00. The first kappa shape index (κ1) is 17.0. The third-order valence-corrected chi connectivity index (χ3v) is 4.59. The van der Waals surface area contributed by atoms with Gasteiger partial charge in [-0.1, -0.05) is 49.0 Å². The summed E-state index contributed by atoms with van der Waals surface area (Å²) in [5.74, 6) is 1.88. The molecule has 2 aromatic rings. The van der Waals surface area contributed by atoms with E-state index in [0.29, 0.717) is 6.54 Å². The normalized spacial score (nSPS) is 12.8. The Morgan fingerprint density at radius 2 is 1.95 bits per heavy atom. The van der Waals surface area contributed by atoms with Crippen molar-refractivity contribution in [3.05, 3.63) is 41.7 Å². The number of nitrogens with zero attached hydrogens (tertiary/aromatic N) is 4. The summed E-state index contributed by atoms with van der Waals surface area (Å²) in [4.78, 5) is 2.20. The van der Waals surface area contributed by atoms with E-state index in [2.05, 4.69) is 64.9 Å². The molecule has 1 atom stereocenters. The fraction of sp³-hybridized carbons (Fsp3) is 0.500. The molecule has 22 heavy (non-hydrogen) atoms. The van der Waals surface area contributed by atoms with Crippen LogP contribution in [0.1, 0.15) is 30.8 Å². The van der Waals surface area contributed by atoms with Crippen molar-refractivity contribution in [3.63, 3.8) is 0 Å². The van der Waals surface area contributed by atoms with Gasteiger partial charge >= 0.3 is 0 Å². The maximum Gasteiger partial charge on any atom is 0.191 e. The van der Waals surface area contributed by atoms with Gasteiger partial charge in [0.15, 0.2) is 11.0 Å². The molecule has 1 heterocycles. The molecule has 0 aliphatic heterocycles. The molecule has 2 rings (SSSR count). The largest absolute Gasteiger partial charge is 0.330 e. The zero-order valence-electron chi connectivity index (χ0n) is 13.6. The average Bonchev–Trinajstić information content (AvgIpc) is 2.89. The highest BCUT2D eigenvalue weighted by molar-refractivity contribution is 7.99. The van der Waals surface area contributed by atoms with Gasteiger partial charge in [-0.15, -0.1) is 10.2 Å². The summed E-state index contributed by atoms with van der Waals surface area (Å²) in [5.41, 5.74) is 6.89. The van der Waals surface area contributed by atoms with E-state index in [1.165, 1.54) is 5.56 Å².